The highest BCUT2D eigenvalue weighted by molar-refractivity contribution is 5.81. The molecule has 0 amide bonds. The van der Waals surface area contributed by atoms with Gasteiger partial charge in [0.2, 0.25) is 0 Å². The number of nitrogen functional groups attached to an aromatic ring is 1. The molecule has 0 bridgehead atoms. The van der Waals surface area contributed by atoms with Crippen LogP contribution in [0.4, 0.5) is 5.69 Å². The Kier molecular flexibility index (Phi) is 3.84. The Balaban J connectivity index is 0.000000720. The molecule has 6 N–H and O–H groups in total. The van der Waals surface area contributed by atoms with Crippen molar-refractivity contribution in [3.63, 3.8) is 0 Å². The minimum Gasteiger partial charge on any atom is -0.412 e. The van der Waals surface area contributed by atoms with E-state index in [1.807, 2.05) is 30.3 Å². The monoisotopic (exact) mass is 180 g/mol. The van der Waals surface area contributed by atoms with Crippen LogP contribution in [0.25, 0.3) is 10.9 Å². The van der Waals surface area contributed by atoms with E-state index in [1.54, 1.807) is 6.20 Å². The lowest BCUT2D eigenvalue weighted by Crippen LogP contribution is -1.84. The largest absolute Gasteiger partial charge is 0.412 e. The Morgan fingerprint density at radius 3 is 2.62 bits per heavy atom. The zero-order chi connectivity index (χ0) is 7.68. The SMILES string of the molecule is Nc1ccc2ncccc2c1.O.O. The number of benzene rings is 1. The second-order valence-electron chi connectivity index (χ2n) is 2.46. The van der Waals surface area contributed by atoms with Gasteiger partial charge in [0, 0.05) is 17.3 Å². The average Bonchev–Trinajstić information content (AvgIpc) is 2.04. The topological polar surface area (TPSA) is 102 Å². The summed E-state index contributed by atoms with van der Waals surface area (Å²) in [5.41, 5.74) is 7.37. The van der Waals surface area contributed by atoms with E-state index < -0.39 is 0 Å². The molecule has 0 aliphatic carbocycles. The third-order valence-corrected chi connectivity index (χ3v) is 1.63. The molecule has 0 atom stereocenters. The first-order valence-electron chi connectivity index (χ1n) is 3.46. The van der Waals surface area contributed by atoms with E-state index >= 15 is 0 Å². The van der Waals surface area contributed by atoms with Crippen molar-refractivity contribution in [2.24, 2.45) is 0 Å². The van der Waals surface area contributed by atoms with Gasteiger partial charge in [0.15, 0.2) is 0 Å². The minimum absolute atomic E-state index is 0. The van der Waals surface area contributed by atoms with E-state index in [1.165, 1.54) is 0 Å². The lowest BCUT2D eigenvalue weighted by atomic mass is 10.2. The van der Waals surface area contributed by atoms with Crippen LogP contribution in [0.15, 0.2) is 36.5 Å². The number of pyridine rings is 1. The summed E-state index contributed by atoms with van der Waals surface area (Å²) in [5.74, 6) is 0. The number of hydrogen-bond donors (Lipinski definition) is 1. The Labute approximate surface area is 75.6 Å². The molecule has 0 saturated carbocycles. The molecular formula is C9H12N2O2. The van der Waals surface area contributed by atoms with Crippen molar-refractivity contribution >= 4 is 16.6 Å². The molecule has 0 aliphatic rings. The highest BCUT2D eigenvalue weighted by Crippen LogP contribution is 2.13. The molecule has 2 rings (SSSR count). The Hall–Kier alpha value is -1.65. The van der Waals surface area contributed by atoms with Gasteiger partial charge in [-0.1, -0.05) is 6.07 Å². The van der Waals surface area contributed by atoms with Crippen LogP contribution in [0.5, 0.6) is 0 Å². The van der Waals surface area contributed by atoms with Crippen molar-refractivity contribution in [3.8, 4) is 0 Å². The van der Waals surface area contributed by atoms with Gasteiger partial charge in [-0.2, -0.15) is 0 Å². The van der Waals surface area contributed by atoms with Crippen LogP contribution in [0.3, 0.4) is 0 Å². The molecule has 0 spiro atoms. The fourth-order valence-corrected chi connectivity index (χ4v) is 1.09. The first-order valence-corrected chi connectivity index (χ1v) is 3.46. The number of anilines is 1. The minimum atomic E-state index is 0. The van der Waals surface area contributed by atoms with E-state index in [-0.39, 0.29) is 11.0 Å². The van der Waals surface area contributed by atoms with Gasteiger partial charge in [0.05, 0.1) is 5.52 Å². The average molecular weight is 180 g/mol. The fourth-order valence-electron chi connectivity index (χ4n) is 1.09. The number of nitrogens with zero attached hydrogens (tertiary/aromatic N) is 1. The molecular weight excluding hydrogens is 168 g/mol. The maximum Gasteiger partial charge on any atom is 0.0703 e. The number of aromatic nitrogens is 1. The second-order valence-corrected chi connectivity index (χ2v) is 2.46. The van der Waals surface area contributed by atoms with Gasteiger partial charge in [-0.05, 0) is 24.3 Å². The maximum atomic E-state index is 5.60. The summed E-state index contributed by atoms with van der Waals surface area (Å²) in [6.07, 6.45) is 1.78. The Morgan fingerprint density at radius 2 is 1.85 bits per heavy atom. The molecule has 1 aromatic heterocycles. The molecule has 13 heavy (non-hydrogen) atoms. The second kappa shape index (κ2) is 4.39. The van der Waals surface area contributed by atoms with Crippen molar-refractivity contribution in [1.82, 2.24) is 4.98 Å². The quantitative estimate of drug-likeness (QED) is 0.584. The molecule has 0 fully saturated rings. The number of rotatable bonds is 0. The first kappa shape index (κ1) is 11.4. The number of nitrogens with two attached hydrogens (primary N) is 1. The van der Waals surface area contributed by atoms with Crippen molar-refractivity contribution in [3.05, 3.63) is 36.5 Å². The normalized spacial score (nSPS) is 8.62. The van der Waals surface area contributed by atoms with E-state index in [4.69, 9.17) is 5.73 Å². The van der Waals surface area contributed by atoms with Crippen LogP contribution in [-0.2, 0) is 0 Å². The van der Waals surface area contributed by atoms with Crippen LogP contribution < -0.4 is 5.73 Å². The van der Waals surface area contributed by atoms with E-state index in [2.05, 4.69) is 4.98 Å². The molecule has 1 heterocycles. The third kappa shape index (κ3) is 2.14. The van der Waals surface area contributed by atoms with Gasteiger partial charge in [0.1, 0.15) is 0 Å². The van der Waals surface area contributed by atoms with Crippen LogP contribution in [0, 0.1) is 0 Å². The van der Waals surface area contributed by atoms with Crippen LogP contribution >= 0.6 is 0 Å². The van der Waals surface area contributed by atoms with Gasteiger partial charge in [-0.25, -0.2) is 0 Å². The summed E-state index contributed by atoms with van der Waals surface area (Å²) in [5, 5.41) is 1.09. The third-order valence-electron chi connectivity index (χ3n) is 1.63. The highest BCUT2D eigenvalue weighted by Gasteiger charge is 1.91. The molecule has 4 heteroatoms. The fraction of sp³-hybridized carbons (Fsp3) is 0. The Morgan fingerprint density at radius 1 is 1.08 bits per heavy atom. The Bertz CT molecular complexity index is 390. The van der Waals surface area contributed by atoms with E-state index in [0.717, 1.165) is 16.6 Å². The van der Waals surface area contributed by atoms with Gasteiger partial charge < -0.3 is 16.7 Å². The predicted octanol–water partition coefficient (Wildman–Crippen LogP) is 0.168. The van der Waals surface area contributed by atoms with Crippen molar-refractivity contribution in [2.75, 3.05) is 5.73 Å². The standard InChI is InChI=1S/C9H8N2.2H2O/c10-8-3-4-9-7(6-8)2-1-5-11-9;;/h1-6H,10H2;2*1H2. The maximum absolute atomic E-state index is 5.60. The molecule has 0 aliphatic heterocycles. The zero-order valence-corrected chi connectivity index (χ0v) is 6.99. The molecule has 0 saturated heterocycles. The molecule has 1 aromatic carbocycles. The van der Waals surface area contributed by atoms with Gasteiger partial charge in [0.25, 0.3) is 0 Å². The lowest BCUT2D eigenvalue weighted by molar-refractivity contribution is 0.823. The van der Waals surface area contributed by atoms with Crippen molar-refractivity contribution in [1.29, 1.82) is 0 Å². The smallest absolute Gasteiger partial charge is 0.0703 e. The van der Waals surface area contributed by atoms with Gasteiger partial charge in [-0.15, -0.1) is 0 Å². The summed E-state index contributed by atoms with van der Waals surface area (Å²) < 4.78 is 0. The zero-order valence-electron chi connectivity index (χ0n) is 6.99. The van der Waals surface area contributed by atoms with Gasteiger partial charge >= 0.3 is 0 Å². The molecule has 4 nitrogen and oxygen atoms in total. The summed E-state index contributed by atoms with van der Waals surface area (Å²) in [4.78, 5) is 4.17. The van der Waals surface area contributed by atoms with Crippen molar-refractivity contribution in [2.45, 2.75) is 0 Å². The summed E-state index contributed by atoms with van der Waals surface area (Å²) >= 11 is 0. The van der Waals surface area contributed by atoms with Crippen LogP contribution in [-0.4, -0.2) is 15.9 Å². The summed E-state index contributed by atoms with van der Waals surface area (Å²) in [6.45, 7) is 0. The van der Waals surface area contributed by atoms with Crippen LogP contribution in [0.1, 0.15) is 0 Å². The summed E-state index contributed by atoms with van der Waals surface area (Å²) in [7, 11) is 0. The first-order chi connectivity index (χ1) is 5.36. The van der Waals surface area contributed by atoms with E-state index in [0.29, 0.717) is 0 Å². The summed E-state index contributed by atoms with van der Waals surface area (Å²) in [6, 6.07) is 9.60. The van der Waals surface area contributed by atoms with Crippen molar-refractivity contribution < 1.29 is 11.0 Å². The van der Waals surface area contributed by atoms with Crippen LogP contribution in [0.2, 0.25) is 0 Å². The molecule has 0 radical (unpaired) electrons. The highest BCUT2D eigenvalue weighted by atomic mass is 16.0. The van der Waals surface area contributed by atoms with E-state index in [9.17, 15) is 0 Å². The molecule has 70 valence electrons. The number of hydrogen-bond acceptors (Lipinski definition) is 2. The lowest BCUT2D eigenvalue weighted by Gasteiger charge is -1.96. The number of fused-ring (bicyclic) bond motifs is 1. The van der Waals surface area contributed by atoms with Gasteiger partial charge in [-0.3, -0.25) is 4.98 Å². The predicted molar refractivity (Wildman–Crippen MR) is 53.4 cm³/mol. The molecule has 0 unspecified atom stereocenters. The molecule has 2 aromatic rings.